The molecule has 0 radical (unpaired) electrons. The third-order valence-corrected chi connectivity index (χ3v) is 4.52. The molecule has 0 atom stereocenters. The summed E-state index contributed by atoms with van der Waals surface area (Å²) >= 11 is 1.71. The molecule has 19 heavy (non-hydrogen) atoms. The van der Waals surface area contributed by atoms with Crippen LogP contribution in [0.2, 0.25) is 0 Å². The first kappa shape index (κ1) is 12.8. The molecular weight excluding hydrogens is 254 g/mol. The van der Waals surface area contributed by atoms with E-state index in [1.807, 2.05) is 24.0 Å². The van der Waals surface area contributed by atoms with Crippen LogP contribution in [0.15, 0.2) is 40.6 Å². The maximum absolute atomic E-state index is 4.34. The maximum Gasteiger partial charge on any atom is 0.172 e. The first-order chi connectivity index (χ1) is 9.22. The molecular formula is C15H19N3S. The normalized spacial score (nSPS) is 14.8. The van der Waals surface area contributed by atoms with Crippen molar-refractivity contribution < 1.29 is 0 Å². The minimum atomic E-state index is 0.765. The molecule has 3 rings (SSSR count). The van der Waals surface area contributed by atoms with E-state index in [4.69, 9.17) is 0 Å². The first-order valence-corrected chi connectivity index (χ1v) is 7.52. The van der Waals surface area contributed by atoms with Crippen LogP contribution in [-0.4, -0.2) is 15.6 Å². The van der Waals surface area contributed by atoms with Crippen molar-refractivity contribution in [3.05, 3.63) is 41.7 Å². The zero-order valence-corrected chi connectivity index (χ0v) is 12.2. The number of rotatable bonds is 5. The van der Waals surface area contributed by atoms with Gasteiger partial charge in [0.1, 0.15) is 0 Å². The summed E-state index contributed by atoms with van der Waals surface area (Å²) in [7, 11) is 2.02. The highest BCUT2D eigenvalue weighted by atomic mass is 32.2. The molecule has 0 amide bonds. The highest BCUT2D eigenvalue weighted by Crippen LogP contribution is 2.28. The van der Waals surface area contributed by atoms with Crippen LogP contribution in [-0.2, 0) is 13.6 Å². The first-order valence-electron chi connectivity index (χ1n) is 6.70. The molecule has 0 unspecified atom stereocenters. The van der Waals surface area contributed by atoms with E-state index in [1.165, 1.54) is 28.9 Å². The lowest BCUT2D eigenvalue weighted by Gasteiger charge is -2.09. The fourth-order valence-electron chi connectivity index (χ4n) is 2.03. The predicted octanol–water partition coefficient (Wildman–Crippen LogP) is 3.13. The Hall–Kier alpha value is -1.26. The number of hydrogen-bond acceptors (Lipinski definition) is 3. The topological polar surface area (TPSA) is 29.9 Å². The fourth-order valence-corrected chi connectivity index (χ4v) is 2.93. The van der Waals surface area contributed by atoms with Gasteiger partial charge in [0.05, 0.1) is 0 Å². The number of benzene rings is 1. The van der Waals surface area contributed by atoms with Gasteiger partial charge < -0.3 is 9.88 Å². The SMILES string of the molecule is Cc1cc(Sc2nccn2C)ccc1CNC1CC1. The van der Waals surface area contributed by atoms with Gasteiger partial charge in [0, 0.05) is 36.9 Å². The van der Waals surface area contributed by atoms with E-state index in [-0.39, 0.29) is 0 Å². The van der Waals surface area contributed by atoms with E-state index in [1.54, 1.807) is 11.8 Å². The van der Waals surface area contributed by atoms with E-state index < -0.39 is 0 Å². The summed E-state index contributed by atoms with van der Waals surface area (Å²) in [6.07, 6.45) is 6.49. The van der Waals surface area contributed by atoms with Gasteiger partial charge in [-0.3, -0.25) is 0 Å². The van der Waals surface area contributed by atoms with Crippen LogP contribution in [0.5, 0.6) is 0 Å². The van der Waals surface area contributed by atoms with Crippen molar-refractivity contribution >= 4 is 11.8 Å². The highest BCUT2D eigenvalue weighted by Gasteiger charge is 2.20. The van der Waals surface area contributed by atoms with E-state index in [9.17, 15) is 0 Å². The molecule has 0 saturated heterocycles. The van der Waals surface area contributed by atoms with Crippen LogP contribution >= 0.6 is 11.8 Å². The van der Waals surface area contributed by atoms with E-state index in [0.717, 1.165) is 17.7 Å². The molecule has 1 aliphatic rings. The largest absolute Gasteiger partial charge is 0.329 e. The second kappa shape index (κ2) is 5.39. The predicted molar refractivity (Wildman–Crippen MR) is 78.4 cm³/mol. The van der Waals surface area contributed by atoms with Crippen LogP contribution in [0, 0.1) is 6.92 Å². The minimum absolute atomic E-state index is 0.765. The Balaban J connectivity index is 1.69. The molecule has 0 bridgehead atoms. The van der Waals surface area contributed by atoms with Crippen LogP contribution in [0.25, 0.3) is 0 Å². The lowest BCUT2D eigenvalue weighted by atomic mass is 10.1. The lowest BCUT2D eigenvalue weighted by molar-refractivity contribution is 0.684. The smallest absolute Gasteiger partial charge is 0.172 e. The Morgan fingerprint density at radius 1 is 1.42 bits per heavy atom. The average molecular weight is 273 g/mol. The molecule has 0 spiro atoms. The third-order valence-electron chi connectivity index (χ3n) is 3.46. The van der Waals surface area contributed by atoms with E-state index in [2.05, 4.69) is 35.4 Å². The Morgan fingerprint density at radius 3 is 2.89 bits per heavy atom. The van der Waals surface area contributed by atoms with Crippen molar-refractivity contribution in [2.75, 3.05) is 0 Å². The molecule has 1 N–H and O–H groups in total. The van der Waals surface area contributed by atoms with Crippen LogP contribution in [0.1, 0.15) is 24.0 Å². The summed E-state index contributed by atoms with van der Waals surface area (Å²) in [5.74, 6) is 0. The quantitative estimate of drug-likeness (QED) is 0.907. The average Bonchev–Trinajstić information content (AvgIpc) is 3.13. The number of aryl methyl sites for hydroxylation is 2. The van der Waals surface area contributed by atoms with Gasteiger partial charge in [-0.2, -0.15) is 0 Å². The summed E-state index contributed by atoms with van der Waals surface area (Å²) in [5, 5.41) is 4.60. The number of imidazole rings is 1. The third kappa shape index (κ3) is 3.19. The second-order valence-corrected chi connectivity index (χ2v) is 6.21. The summed E-state index contributed by atoms with van der Waals surface area (Å²) in [6, 6.07) is 7.44. The number of aromatic nitrogens is 2. The Bertz CT molecular complexity index is 573. The van der Waals surface area contributed by atoms with Crippen LogP contribution < -0.4 is 5.32 Å². The zero-order valence-electron chi connectivity index (χ0n) is 11.4. The zero-order chi connectivity index (χ0) is 13.2. The molecule has 3 nitrogen and oxygen atoms in total. The summed E-state index contributed by atoms with van der Waals surface area (Å²) in [5.41, 5.74) is 2.75. The molecule has 4 heteroatoms. The summed E-state index contributed by atoms with van der Waals surface area (Å²) in [4.78, 5) is 5.60. The molecule has 1 aliphatic carbocycles. The molecule has 100 valence electrons. The number of hydrogen-bond donors (Lipinski definition) is 1. The number of nitrogens with zero attached hydrogens (tertiary/aromatic N) is 2. The monoisotopic (exact) mass is 273 g/mol. The lowest BCUT2D eigenvalue weighted by Crippen LogP contribution is -2.15. The molecule has 1 aromatic carbocycles. The minimum Gasteiger partial charge on any atom is -0.329 e. The molecule has 0 aliphatic heterocycles. The Labute approximate surface area is 118 Å². The molecule has 1 saturated carbocycles. The number of nitrogens with one attached hydrogen (secondary N) is 1. The van der Waals surface area contributed by atoms with Crippen molar-refractivity contribution in [1.29, 1.82) is 0 Å². The van der Waals surface area contributed by atoms with Gasteiger partial charge in [0.15, 0.2) is 5.16 Å². The highest BCUT2D eigenvalue weighted by molar-refractivity contribution is 7.99. The Morgan fingerprint density at radius 2 is 2.26 bits per heavy atom. The van der Waals surface area contributed by atoms with Gasteiger partial charge in [-0.15, -0.1) is 0 Å². The Kier molecular flexibility index (Phi) is 3.62. The molecule has 1 fully saturated rings. The van der Waals surface area contributed by atoms with Gasteiger partial charge in [0.2, 0.25) is 0 Å². The molecule has 1 heterocycles. The summed E-state index contributed by atoms with van der Waals surface area (Å²) in [6.45, 7) is 3.18. The van der Waals surface area contributed by atoms with Gasteiger partial charge in [-0.1, -0.05) is 17.8 Å². The molecule has 1 aromatic heterocycles. The van der Waals surface area contributed by atoms with Crippen LogP contribution in [0.3, 0.4) is 0 Å². The van der Waals surface area contributed by atoms with Crippen LogP contribution in [0.4, 0.5) is 0 Å². The van der Waals surface area contributed by atoms with Crippen molar-refractivity contribution in [2.24, 2.45) is 7.05 Å². The standard InChI is InChI=1S/C15H19N3S/c1-11-9-14(19-15-16-7-8-18(15)2)6-3-12(11)10-17-13-4-5-13/h3,6-9,13,17H,4-5,10H2,1-2H3. The summed E-state index contributed by atoms with van der Waals surface area (Å²) < 4.78 is 2.04. The molecule has 2 aromatic rings. The van der Waals surface area contributed by atoms with E-state index in [0.29, 0.717) is 0 Å². The van der Waals surface area contributed by atoms with Crippen molar-refractivity contribution in [3.63, 3.8) is 0 Å². The van der Waals surface area contributed by atoms with Gasteiger partial charge >= 0.3 is 0 Å². The van der Waals surface area contributed by atoms with Crippen molar-refractivity contribution in [1.82, 2.24) is 14.9 Å². The fraction of sp³-hybridized carbons (Fsp3) is 0.400. The van der Waals surface area contributed by atoms with Gasteiger partial charge in [-0.05, 0) is 43.0 Å². The van der Waals surface area contributed by atoms with E-state index >= 15 is 0 Å². The second-order valence-electron chi connectivity index (χ2n) is 5.17. The maximum atomic E-state index is 4.34. The van der Waals surface area contributed by atoms with Gasteiger partial charge in [0.25, 0.3) is 0 Å². The van der Waals surface area contributed by atoms with Crippen molar-refractivity contribution in [3.8, 4) is 0 Å². The van der Waals surface area contributed by atoms with Gasteiger partial charge in [-0.25, -0.2) is 4.98 Å². The van der Waals surface area contributed by atoms with Crippen molar-refractivity contribution in [2.45, 2.75) is 42.4 Å².